The fraction of sp³-hybridized carbons (Fsp3) is 0.167. The van der Waals surface area contributed by atoms with Gasteiger partial charge in [0.2, 0.25) is 12.1 Å². The molecule has 1 aliphatic heterocycles. The van der Waals surface area contributed by atoms with E-state index in [1.807, 2.05) is 46.7 Å². The lowest BCUT2D eigenvalue weighted by molar-refractivity contribution is -0.657. The lowest BCUT2D eigenvalue weighted by Crippen LogP contribution is -2.39. The Labute approximate surface area is 218 Å². The number of carboxylic acids is 1. The minimum Gasteiger partial charge on any atom is -0.748 e. The molecule has 0 aliphatic carbocycles. The highest BCUT2D eigenvalue weighted by Gasteiger charge is 2.29. The predicted octanol–water partition coefficient (Wildman–Crippen LogP) is 4.99. The van der Waals surface area contributed by atoms with Crippen molar-refractivity contribution in [1.29, 1.82) is 0 Å². The Bertz CT molecular complexity index is 1600. The van der Waals surface area contributed by atoms with Gasteiger partial charge in [0, 0.05) is 28.1 Å². The Morgan fingerprint density at radius 2 is 2.03 bits per heavy atom. The van der Waals surface area contributed by atoms with Gasteiger partial charge >= 0.3 is 5.97 Å². The van der Waals surface area contributed by atoms with Crippen LogP contribution in [0.4, 0.5) is 10.1 Å². The number of nitrogens with zero attached hydrogens (tertiary/aromatic N) is 2. The number of thioether (sulfide) groups is 1. The van der Waals surface area contributed by atoms with Crippen molar-refractivity contribution in [1.82, 2.24) is 0 Å². The molecule has 1 N–H and O–H groups in total. The van der Waals surface area contributed by atoms with Crippen LogP contribution in [-0.4, -0.2) is 36.3 Å². The standard InChI is InChI=1S/C24H19FN2O5S4/c25-16-5-7-21-18(12-16)27(14-24(28)29)23(35-21)13-22-26(8-2-10-36(30,31)32)17-11-15(4-6-20(17)34-22)19-3-1-9-33-19/h1,3-7,9,11-13H,2,8,10,14H2,(H-,28,29,30,31,32). The minimum atomic E-state index is -4.36. The topological polar surface area (TPSA) is 102 Å². The van der Waals surface area contributed by atoms with Crippen LogP contribution in [-0.2, 0) is 21.5 Å². The molecule has 186 valence electrons. The van der Waals surface area contributed by atoms with Crippen molar-refractivity contribution in [3.05, 3.63) is 69.8 Å². The van der Waals surface area contributed by atoms with Gasteiger partial charge in [0.15, 0.2) is 0 Å². The number of benzene rings is 2. The molecule has 0 saturated carbocycles. The number of thiazole rings is 1. The second kappa shape index (κ2) is 9.94. The molecule has 7 nitrogen and oxygen atoms in total. The smallest absolute Gasteiger partial charge is 0.370 e. The largest absolute Gasteiger partial charge is 0.748 e. The van der Waals surface area contributed by atoms with Gasteiger partial charge in [-0.2, -0.15) is 4.57 Å². The highest BCUT2D eigenvalue weighted by molar-refractivity contribution is 8.03. The molecule has 2 aromatic heterocycles. The molecule has 2 aromatic carbocycles. The number of halogens is 1. The lowest BCUT2D eigenvalue weighted by atomic mass is 10.1. The quantitative estimate of drug-likeness (QED) is 0.239. The maximum atomic E-state index is 13.9. The van der Waals surface area contributed by atoms with E-state index in [9.17, 15) is 27.3 Å². The first-order valence-electron chi connectivity index (χ1n) is 10.8. The number of carbonyl (C=O) groups is 1. The summed E-state index contributed by atoms with van der Waals surface area (Å²) >= 11 is 4.43. The van der Waals surface area contributed by atoms with Crippen LogP contribution in [0.3, 0.4) is 0 Å². The van der Waals surface area contributed by atoms with Crippen LogP contribution in [0.1, 0.15) is 11.4 Å². The molecule has 1 aliphatic rings. The second-order valence-corrected chi connectivity index (χ2v) is 12.6. The summed E-state index contributed by atoms with van der Waals surface area (Å²) in [5.74, 6) is -1.99. The van der Waals surface area contributed by atoms with Crippen LogP contribution in [0.5, 0.6) is 0 Å². The van der Waals surface area contributed by atoms with E-state index in [1.54, 1.807) is 22.0 Å². The van der Waals surface area contributed by atoms with Crippen molar-refractivity contribution in [2.75, 3.05) is 17.2 Å². The van der Waals surface area contributed by atoms with E-state index < -0.39 is 27.7 Å². The fourth-order valence-electron chi connectivity index (χ4n) is 4.02. The Morgan fingerprint density at radius 3 is 2.75 bits per heavy atom. The average molecular weight is 563 g/mol. The van der Waals surface area contributed by atoms with Crippen LogP contribution in [0.25, 0.3) is 26.7 Å². The van der Waals surface area contributed by atoms with Gasteiger partial charge in [-0.15, -0.1) is 11.3 Å². The van der Waals surface area contributed by atoms with Crippen molar-refractivity contribution in [3.8, 4) is 10.4 Å². The van der Waals surface area contributed by atoms with Gasteiger partial charge in [-0.1, -0.05) is 35.2 Å². The fourth-order valence-corrected chi connectivity index (χ4v) is 7.49. The SMILES string of the molecule is O=C(O)C[n+]1c(/C=C2\Sc3ccc(-c4cccs4)cc3N2CCCS(=O)(=O)[O-])sc2ccc(F)cc21. The number of carboxylic acid groups (broad SMARTS) is 1. The van der Waals surface area contributed by atoms with E-state index >= 15 is 0 Å². The maximum Gasteiger partial charge on any atom is 0.370 e. The molecule has 0 radical (unpaired) electrons. The third-order valence-electron chi connectivity index (χ3n) is 5.54. The number of hydrogen-bond donors (Lipinski definition) is 1. The van der Waals surface area contributed by atoms with Crippen molar-refractivity contribution in [2.45, 2.75) is 17.9 Å². The Kier molecular flexibility index (Phi) is 6.88. The van der Waals surface area contributed by atoms with Gasteiger partial charge in [0.25, 0.3) is 5.01 Å². The van der Waals surface area contributed by atoms with E-state index in [4.69, 9.17) is 0 Å². The maximum absolute atomic E-state index is 13.9. The lowest BCUT2D eigenvalue weighted by Gasteiger charge is -2.21. The zero-order valence-corrected chi connectivity index (χ0v) is 21.9. The summed E-state index contributed by atoms with van der Waals surface area (Å²) in [5.41, 5.74) is 2.39. The molecule has 0 unspecified atom stereocenters. The Balaban J connectivity index is 1.58. The minimum absolute atomic E-state index is 0.138. The number of thiophene rings is 1. The monoisotopic (exact) mass is 562 g/mol. The number of fused-ring (bicyclic) bond motifs is 2. The first kappa shape index (κ1) is 24.9. The number of rotatable bonds is 8. The molecule has 0 fully saturated rings. The molecule has 0 saturated heterocycles. The van der Waals surface area contributed by atoms with Crippen molar-refractivity contribution in [3.63, 3.8) is 0 Å². The molecule has 4 aromatic rings. The normalized spacial score (nSPS) is 14.6. The number of anilines is 1. The number of hydrogen-bond acceptors (Lipinski definition) is 8. The molecule has 0 bridgehead atoms. The highest BCUT2D eigenvalue weighted by atomic mass is 32.2. The molecule has 36 heavy (non-hydrogen) atoms. The van der Waals surface area contributed by atoms with Gasteiger partial charge in [-0.3, -0.25) is 0 Å². The van der Waals surface area contributed by atoms with Crippen LogP contribution < -0.4 is 9.47 Å². The summed E-state index contributed by atoms with van der Waals surface area (Å²) in [6, 6.07) is 14.3. The predicted molar refractivity (Wildman–Crippen MR) is 140 cm³/mol. The molecule has 3 heterocycles. The van der Waals surface area contributed by atoms with Gasteiger partial charge in [0.05, 0.1) is 26.9 Å². The molecule has 0 spiro atoms. The van der Waals surface area contributed by atoms with Crippen molar-refractivity contribution in [2.24, 2.45) is 0 Å². The summed E-state index contributed by atoms with van der Waals surface area (Å²) in [6.45, 7) is -0.0449. The molecular weight excluding hydrogens is 544 g/mol. The Hall–Kier alpha value is -2.77. The van der Waals surface area contributed by atoms with Crippen LogP contribution >= 0.6 is 34.4 Å². The zero-order valence-electron chi connectivity index (χ0n) is 18.6. The number of aliphatic carboxylic acids is 1. The van der Waals surface area contributed by atoms with Crippen LogP contribution in [0.15, 0.2) is 63.8 Å². The first-order chi connectivity index (χ1) is 17.2. The molecular formula is C24H19FN2O5S4. The van der Waals surface area contributed by atoms with E-state index in [0.717, 1.165) is 30.8 Å². The molecule has 5 rings (SSSR count). The van der Waals surface area contributed by atoms with E-state index in [1.165, 1.54) is 35.2 Å². The third-order valence-corrected chi connectivity index (χ3v) is 9.48. The van der Waals surface area contributed by atoms with Gasteiger partial charge in [0.1, 0.15) is 10.5 Å². The highest BCUT2D eigenvalue weighted by Crippen LogP contribution is 2.48. The second-order valence-electron chi connectivity index (χ2n) is 8.04. The van der Waals surface area contributed by atoms with Crippen molar-refractivity contribution >= 4 is 72.5 Å². The number of aromatic nitrogens is 1. The summed E-state index contributed by atoms with van der Waals surface area (Å²) < 4.78 is 49.9. The zero-order chi connectivity index (χ0) is 25.4. The van der Waals surface area contributed by atoms with Crippen molar-refractivity contribution < 1.29 is 31.8 Å². The van der Waals surface area contributed by atoms with Gasteiger partial charge < -0.3 is 14.6 Å². The summed E-state index contributed by atoms with van der Waals surface area (Å²) in [6.07, 6.45) is 1.98. The molecule has 0 atom stereocenters. The summed E-state index contributed by atoms with van der Waals surface area (Å²) in [4.78, 5) is 15.6. The van der Waals surface area contributed by atoms with Gasteiger partial charge in [-0.05, 0) is 47.7 Å². The summed E-state index contributed by atoms with van der Waals surface area (Å²) in [5, 5.41) is 12.9. The van der Waals surface area contributed by atoms with E-state index in [-0.39, 0.29) is 13.0 Å². The molecule has 12 heteroatoms. The summed E-state index contributed by atoms with van der Waals surface area (Å²) in [7, 11) is -4.36. The van der Waals surface area contributed by atoms with Gasteiger partial charge in [-0.25, -0.2) is 17.6 Å². The average Bonchev–Trinajstić information content (AvgIpc) is 3.52. The Morgan fingerprint density at radius 1 is 1.19 bits per heavy atom. The third kappa shape index (κ3) is 5.32. The van der Waals surface area contributed by atoms with Crippen LogP contribution in [0.2, 0.25) is 0 Å². The molecule has 0 amide bonds. The van der Waals surface area contributed by atoms with E-state index in [0.29, 0.717) is 17.1 Å². The van der Waals surface area contributed by atoms with E-state index in [2.05, 4.69) is 0 Å². The van der Waals surface area contributed by atoms with Crippen LogP contribution in [0, 0.1) is 5.82 Å². The first-order valence-corrected chi connectivity index (χ1v) is 14.9.